The molecule has 1 aliphatic heterocycles. The van der Waals surface area contributed by atoms with Gasteiger partial charge in [0.2, 0.25) is 10.0 Å². The number of hydrogen-bond donors (Lipinski definition) is 0. The SMILES string of the molecule is O=S(=O)(c1ccc(-c2csc(=Nc3ccccc3)n2C2CCCCC2)cc1)N1CCCCCC1. The minimum atomic E-state index is -3.44. The topological polar surface area (TPSA) is 54.7 Å². The third-order valence-electron chi connectivity index (χ3n) is 7.02. The number of aromatic nitrogens is 1. The maximum absolute atomic E-state index is 13.2. The largest absolute Gasteiger partial charge is 0.313 e. The Morgan fingerprint density at radius 3 is 2.12 bits per heavy atom. The molecule has 1 aliphatic carbocycles. The summed E-state index contributed by atoms with van der Waals surface area (Å²) in [4.78, 5) is 6.37. The molecule has 0 bridgehead atoms. The van der Waals surface area contributed by atoms with Gasteiger partial charge in [0.15, 0.2) is 4.80 Å². The summed E-state index contributed by atoms with van der Waals surface area (Å²) in [5.41, 5.74) is 3.14. The summed E-state index contributed by atoms with van der Waals surface area (Å²) in [6.07, 6.45) is 10.2. The lowest BCUT2D eigenvalue weighted by molar-refractivity contribution is 0.351. The van der Waals surface area contributed by atoms with Crippen LogP contribution in [0.15, 0.2) is 69.9 Å². The van der Waals surface area contributed by atoms with E-state index >= 15 is 0 Å². The second-order valence-electron chi connectivity index (χ2n) is 9.36. The molecule has 0 amide bonds. The van der Waals surface area contributed by atoms with Crippen molar-refractivity contribution >= 4 is 27.0 Å². The molecule has 5 nitrogen and oxygen atoms in total. The standard InChI is InChI=1S/C27H33N3O2S2/c31-34(32,29-19-9-1-2-10-20-29)25-17-15-22(16-18-25)26-21-33-27(28-23-11-5-3-6-12-23)30(26)24-13-7-4-8-14-24/h3,5-6,11-12,15-18,21,24H,1-2,4,7-10,13-14,19-20H2. The van der Waals surface area contributed by atoms with Crippen molar-refractivity contribution in [1.82, 2.24) is 8.87 Å². The van der Waals surface area contributed by atoms with Crippen LogP contribution in [0, 0.1) is 0 Å². The van der Waals surface area contributed by atoms with Crippen molar-refractivity contribution in [2.24, 2.45) is 4.99 Å². The van der Waals surface area contributed by atoms with E-state index in [-0.39, 0.29) is 0 Å². The van der Waals surface area contributed by atoms with Crippen molar-refractivity contribution in [2.45, 2.75) is 68.7 Å². The molecular weight excluding hydrogens is 462 g/mol. The summed E-state index contributed by atoms with van der Waals surface area (Å²) < 4.78 is 30.5. The lowest BCUT2D eigenvalue weighted by Crippen LogP contribution is -2.31. The van der Waals surface area contributed by atoms with Gasteiger partial charge >= 0.3 is 0 Å². The van der Waals surface area contributed by atoms with Crippen LogP contribution in [0.1, 0.15) is 63.8 Å². The average molecular weight is 496 g/mol. The molecule has 2 aliphatic rings. The Morgan fingerprint density at radius 2 is 1.44 bits per heavy atom. The Morgan fingerprint density at radius 1 is 0.794 bits per heavy atom. The Kier molecular flexibility index (Phi) is 7.32. The van der Waals surface area contributed by atoms with E-state index in [9.17, 15) is 8.42 Å². The van der Waals surface area contributed by atoms with Crippen LogP contribution in [-0.2, 0) is 10.0 Å². The van der Waals surface area contributed by atoms with Gasteiger partial charge < -0.3 is 4.57 Å². The van der Waals surface area contributed by atoms with Crippen LogP contribution in [0.4, 0.5) is 5.69 Å². The molecule has 0 spiro atoms. The van der Waals surface area contributed by atoms with E-state index in [0.29, 0.717) is 24.0 Å². The predicted octanol–water partition coefficient (Wildman–Crippen LogP) is 6.52. The molecule has 1 aromatic heterocycles. The van der Waals surface area contributed by atoms with Gasteiger partial charge in [-0.3, -0.25) is 0 Å². The molecule has 180 valence electrons. The van der Waals surface area contributed by atoms with Crippen LogP contribution in [0.25, 0.3) is 11.3 Å². The maximum Gasteiger partial charge on any atom is 0.243 e. The molecule has 0 unspecified atom stereocenters. The number of rotatable bonds is 5. The van der Waals surface area contributed by atoms with Crippen molar-refractivity contribution in [1.29, 1.82) is 0 Å². The van der Waals surface area contributed by atoms with Gasteiger partial charge in [0.1, 0.15) is 0 Å². The van der Waals surface area contributed by atoms with E-state index < -0.39 is 10.0 Å². The molecule has 3 aromatic rings. The van der Waals surface area contributed by atoms with Crippen molar-refractivity contribution in [3.8, 4) is 11.3 Å². The zero-order valence-corrected chi connectivity index (χ0v) is 21.2. The Labute approximate surface area is 206 Å². The number of nitrogens with zero attached hydrogens (tertiary/aromatic N) is 3. The first-order chi connectivity index (χ1) is 16.6. The first kappa shape index (κ1) is 23.5. The molecule has 1 saturated carbocycles. The highest BCUT2D eigenvalue weighted by Gasteiger charge is 2.26. The van der Waals surface area contributed by atoms with Gasteiger partial charge in [0.05, 0.1) is 16.3 Å². The zero-order chi connectivity index (χ0) is 23.4. The summed E-state index contributed by atoms with van der Waals surface area (Å²) in [5, 5.41) is 2.18. The van der Waals surface area contributed by atoms with Crippen molar-refractivity contribution in [3.05, 3.63) is 64.8 Å². The van der Waals surface area contributed by atoms with Gasteiger partial charge in [-0.15, -0.1) is 11.3 Å². The second-order valence-corrected chi connectivity index (χ2v) is 12.1. The zero-order valence-electron chi connectivity index (χ0n) is 19.6. The number of hydrogen-bond acceptors (Lipinski definition) is 4. The van der Waals surface area contributed by atoms with Crippen LogP contribution in [0.2, 0.25) is 0 Å². The number of sulfonamides is 1. The monoisotopic (exact) mass is 495 g/mol. The number of thiazole rings is 1. The molecule has 0 radical (unpaired) electrons. The fourth-order valence-electron chi connectivity index (χ4n) is 5.15. The van der Waals surface area contributed by atoms with Gasteiger partial charge in [0, 0.05) is 24.5 Å². The van der Waals surface area contributed by atoms with Crippen molar-refractivity contribution in [3.63, 3.8) is 0 Å². The summed E-state index contributed by atoms with van der Waals surface area (Å²) >= 11 is 1.66. The first-order valence-corrected chi connectivity index (χ1v) is 14.9. The van der Waals surface area contributed by atoms with Gasteiger partial charge in [-0.1, -0.05) is 62.4 Å². The smallest absolute Gasteiger partial charge is 0.243 e. The summed E-state index contributed by atoms with van der Waals surface area (Å²) in [7, 11) is -3.44. The highest BCUT2D eigenvalue weighted by molar-refractivity contribution is 7.89. The van der Waals surface area contributed by atoms with Gasteiger partial charge in [-0.25, -0.2) is 13.4 Å². The molecule has 2 aromatic carbocycles. The van der Waals surface area contributed by atoms with Crippen molar-refractivity contribution in [2.75, 3.05) is 13.1 Å². The Balaban J connectivity index is 1.50. The predicted molar refractivity (Wildman–Crippen MR) is 139 cm³/mol. The van der Waals surface area contributed by atoms with Crippen LogP contribution in [0.5, 0.6) is 0 Å². The van der Waals surface area contributed by atoms with E-state index in [1.165, 1.54) is 19.3 Å². The van der Waals surface area contributed by atoms with E-state index in [2.05, 4.69) is 9.95 Å². The molecule has 34 heavy (non-hydrogen) atoms. The normalized spacial score (nSPS) is 19.2. The maximum atomic E-state index is 13.2. The third-order valence-corrected chi connectivity index (χ3v) is 9.77. The highest BCUT2D eigenvalue weighted by atomic mass is 32.2. The van der Waals surface area contributed by atoms with Crippen molar-refractivity contribution < 1.29 is 8.42 Å². The fourth-order valence-corrected chi connectivity index (χ4v) is 7.65. The molecule has 1 saturated heterocycles. The average Bonchev–Trinajstić information content (AvgIpc) is 3.09. The van der Waals surface area contributed by atoms with E-state index in [4.69, 9.17) is 4.99 Å². The lowest BCUT2D eigenvalue weighted by Gasteiger charge is -2.25. The minimum absolute atomic E-state index is 0.395. The highest BCUT2D eigenvalue weighted by Crippen LogP contribution is 2.33. The molecule has 2 fully saturated rings. The molecule has 7 heteroatoms. The minimum Gasteiger partial charge on any atom is -0.313 e. The second kappa shape index (κ2) is 10.6. The Bertz CT molecular complexity index is 1250. The lowest BCUT2D eigenvalue weighted by atomic mass is 9.95. The first-order valence-electron chi connectivity index (χ1n) is 12.5. The third kappa shape index (κ3) is 5.07. The van der Waals surface area contributed by atoms with Crippen LogP contribution in [0.3, 0.4) is 0 Å². The van der Waals surface area contributed by atoms with Gasteiger partial charge in [0.25, 0.3) is 0 Å². The van der Waals surface area contributed by atoms with Gasteiger partial charge in [-0.2, -0.15) is 4.31 Å². The fraction of sp³-hybridized carbons (Fsp3) is 0.444. The summed E-state index contributed by atoms with van der Waals surface area (Å²) in [6.45, 7) is 1.25. The van der Waals surface area contributed by atoms with Crippen LogP contribution >= 0.6 is 11.3 Å². The van der Waals surface area contributed by atoms with E-state index in [1.807, 2.05) is 42.5 Å². The quantitative estimate of drug-likeness (QED) is 0.405. The molecule has 0 atom stereocenters. The number of para-hydroxylation sites is 1. The van der Waals surface area contributed by atoms with E-state index in [1.54, 1.807) is 27.8 Å². The van der Waals surface area contributed by atoms with Crippen LogP contribution < -0.4 is 4.80 Å². The van der Waals surface area contributed by atoms with Crippen LogP contribution in [-0.4, -0.2) is 30.4 Å². The summed E-state index contributed by atoms with van der Waals surface area (Å²) in [5.74, 6) is 0. The molecule has 5 rings (SSSR count). The summed E-state index contributed by atoms with van der Waals surface area (Å²) in [6, 6.07) is 18.0. The van der Waals surface area contributed by atoms with E-state index in [0.717, 1.165) is 60.3 Å². The Hall–Kier alpha value is -2.22. The molecular formula is C27H33N3O2S2. The molecule has 2 heterocycles. The number of benzene rings is 2. The molecule has 0 N–H and O–H groups in total. The van der Waals surface area contributed by atoms with Gasteiger partial charge in [-0.05, 0) is 55.5 Å².